The van der Waals surface area contributed by atoms with Crippen LogP contribution in [-0.2, 0) is 0 Å². The van der Waals surface area contributed by atoms with Crippen molar-refractivity contribution in [1.82, 2.24) is 0 Å². The molecule has 1 aromatic rings. The fraction of sp³-hybridized carbons (Fsp3) is 0.353. The molecule has 0 amide bonds. The highest BCUT2D eigenvalue weighted by Gasteiger charge is 2.31. The SMILES string of the molecule is CC1=CC(=Nc2c(F)c(F)c(F)c(F)c2F)C(O)C(C(C)(C)C)=C1. The molecule has 1 atom stereocenters. The molecule has 0 spiro atoms. The van der Waals surface area contributed by atoms with E-state index in [9.17, 15) is 27.1 Å². The molecule has 130 valence electrons. The summed E-state index contributed by atoms with van der Waals surface area (Å²) in [5.74, 6) is -10.5. The van der Waals surface area contributed by atoms with E-state index in [0.717, 1.165) is 0 Å². The molecule has 0 aromatic heterocycles. The van der Waals surface area contributed by atoms with Gasteiger partial charge >= 0.3 is 0 Å². The summed E-state index contributed by atoms with van der Waals surface area (Å²) in [6, 6.07) is 0. The highest BCUT2D eigenvalue weighted by molar-refractivity contribution is 6.04. The highest BCUT2D eigenvalue weighted by Crippen LogP contribution is 2.35. The maximum atomic E-state index is 13.8. The summed E-state index contributed by atoms with van der Waals surface area (Å²) >= 11 is 0. The molecule has 0 saturated heterocycles. The number of nitrogens with zero attached hydrogens (tertiary/aromatic N) is 1. The maximum absolute atomic E-state index is 13.8. The van der Waals surface area contributed by atoms with E-state index in [1.807, 2.05) is 20.8 Å². The van der Waals surface area contributed by atoms with E-state index in [-0.39, 0.29) is 5.71 Å². The van der Waals surface area contributed by atoms with Crippen molar-refractivity contribution in [1.29, 1.82) is 0 Å². The van der Waals surface area contributed by atoms with E-state index >= 15 is 0 Å². The predicted molar refractivity (Wildman–Crippen MR) is 80.6 cm³/mol. The monoisotopic (exact) mass is 345 g/mol. The number of hydrogen-bond donors (Lipinski definition) is 1. The van der Waals surface area contributed by atoms with E-state index in [1.165, 1.54) is 6.08 Å². The van der Waals surface area contributed by atoms with Crippen LogP contribution >= 0.6 is 0 Å². The second-order valence-electron chi connectivity index (χ2n) is 6.60. The van der Waals surface area contributed by atoms with Crippen LogP contribution in [0.15, 0.2) is 28.3 Å². The third-order valence-corrected chi connectivity index (χ3v) is 3.63. The Morgan fingerprint density at radius 3 is 1.79 bits per heavy atom. The van der Waals surface area contributed by atoms with Crippen LogP contribution in [0.5, 0.6) is 0 Å². The predicted octanol–water partition coefficient (Wildman–Crippen LogP) is 4.75. The molecule has 2 nitrogen and oxygen atoms in total. The van der Waals surface area contributed by atoms with Crippen molar-refractivity contribution in [3.63, 3.8) is 0 Å². The molecular formula is C17H16F5NO. The quantitative estimate of drug-likeness (QED) is 0.445. The molecule has 0 aliphatic heterocycles. The van der Waals surface area contributed by atoms with Crippen LogP contribution in [0.25, 0.3) is 0 Å². The number of aliphatic hydroxyl groups is 1. The zero-order chi connectivity index (χ0) is 18.4. The lowest BCUT2D eigenvalue weighted by atomic mass is 9.78. The second kappa shape index (κ2) is 6.12. The van der Waals surface area contributed by atoms with Gasteiger partial charge in [0.05, 0.1) is 5.71 Å². The van der Waals surface area contributed by atoms with Crippen molar-refractivity contribution in [2.75, 3.05) is 0 Å². The zero-order valence-electron chi connectivity index (χ0n) is 13.5. The average Bonchev–Trinajstić information content (AvgIpc) is 2.49. The first-order valence-corrected chi connectivity index (χ1v) is 7.13. The third kappa shape index (κ3) is 3.13. The molecule has 0 fully saturated rings. The fourth-order valence-electron chi connectivity index (χ4n) is 2.38. The molecule has 0 radical (unpaired) electrons. The Morgan fingerprint density at radius 2 is 1.33 bits per heavy atom. The molecule has 0 bridgehead atoms. The van der Waals surface area contributed by atoms with Gasteiger partial charge in [-0.05, 0) is 29.6 Å². The van der Waals surface area contributed by atoms with Crippen molar-refractivity contribution in [3.05, 3.63) is 52.4 Å². The van der Waals surface area contributed by atoms with Gasteiger partial charge in [0.15, 0.2) is 23.3 Å². The Kier molecular flexibility index (Phi) is 4.68. The summed E-state index contributed by atoms with van der Waals surface area (Å²) in [6.07, 6.45) is 1.71. The van der Waals surface area contributed by atoms with Crippen LogP contribution in [0.3, 0.4) is 0 Å². The van der Waals surface area contributed by atoms with Crippen LogP contribution < -0.4 is 0 Å². The molecule has 0 heterocycles. The lowest BCUT2D eigenvalue weighted by molar-refractivity contribution is 0.245. The van der Waals surface area contributed by atoms with Crippen LogP contribution in [-0.4, -0.2) is 16.9 Å². The van der Waals surface area contributed by atoms with Gasteiger partial charge in [-0.15, -0.1) is 0 Å². The number of rotatable bonds is 1. The Labute approximate surface area is 136 Å². The Hall–Kier alpha value is -2.02. The largest absolute Gasteiger partial charge is 0.382 e. The molecule has 1 aliphatic carbocycles. The van der Waals surface area contributed by atoms with Gasteiger partial charge < -0.3 is 5.11 Å². The smallest absolute Gasteiger partial charge is 0.200 e. The third-order valence-electron chi connectivity index (χ3n) is 3.63. The summed E-state index contributed by atoms with van der Waals surface area (Å²) < 4.78 is 67.2. The van der Waals surface area contributed by atoms with Crippen LogP contribution in [0, 0.1) is 34.5 Å². The number of benzene rings is 1. The first kappa shape index (κ1) is 18.3. The minimum atomic E-state index is -2.25. The van der Waals surface area contributed by atoms with E-state index in [4.69, 9.17) is 0 Å². The van der Waals surface area contributed by atoms with Gasteiger partial charge in [-0.2, -0.15) is 0 Å². The number of hydrogen-bond acceptors (Lipinski definition) is 2. The zero-order valence-corrected chi connectivity index (χ0v) is 13.5. The summed E-state index contributed by atoms with van der Waals surface area (Å²) in [7, 11) is 0. The summed E-state index contributed by atoms with van der Waals surface area (Å²) in [5.41, 5.74) is -0.840. The Balaban J connectivity index is 2.64. The standard InChI is InChI=1S/C17H16F5NO/c1-7-5-8(17(2,3)4)16(24)9(6-7)23-15-13(21)11(19)10(18)12(20)14(15)22/h5-6,16,24H,1-4H3. The lowest BCUT2D eigenvalue weighted by Gasteiger charge is -2.30. The van der Waals surface area contributed by atoms with Crippen molar-refractivity contribution < 1.29 is 27.1 Å². The van der Waals surface area contributed by atoms with Gasteiger partial charge in [0.1, 0.15) is 11.8 Å². The van der Waals surface area contributed by atoms with E-state index in [2.05, 4.69) is 4.99 Å². The van der Waals surface area contributed by atoms with E-state index in [0.29, 0.717) is 11.1 Å². The minimum Gasteiger partial charge on any atom is -0.382 e. The summed E-state index contributed by atoms with van der Waals surface area (Å²) in [5, 5.41) is 10.4. The molecule has 0 saturated carbocycles. The lowest BCUT2D eigenvalue weighted by Crippen LogP contribution is -2.31. The van der Waals surface area contributed by atoms with Crippen LogP contribution in [0.4, 0.5) is 27.6 Å². The first-order chi connectivity index (χ1) is 10.9. The topological polar surface area (TPSA) is 32.6 Å². The summed E-state index contributed by atoms with van der Waals surface area (Å²) in [4.78, 5) is 3.53. The number of allylic oxidation sites excluding steroid dienone is 2. The average molecular weight is 345 g/mol. The molecule has 7 heteroatoms. The molecular weight excluding hydrogens is 329 g/mol. The van der Waals surface area contributed by atoms with E-state index in [1.54, 1.807) is 13.0 Å². The van der Waals surface area contributed by atoms with Gasteiger partial charge in [0.2, 0.25) is 5.82 Å². The van der Waals surface area contributed by atoms with Gasteiger partial charge in [-0.3, -0.25) is 0 Å². The van der Waals surface area contributed by atoms with Gasteiger partial charge in [0.25, 0.3) is 0 Å². The minimum absolute atomic E-state index is 0.192. The normalized spacial score (nSPS) is 20.2. The Morgan fingerprint density at radius 1 is 0.875 bits per heavy atom. The van der Waals surface area contributed by atoms with Gasteiger partial charge in [-0.1, -0.05) is 26.8 Å². The van der Waals surface area contributed by atoms with Gasteiger partial charge in [0, 0.05) is 0 Å². The number of halogens is 5. The Bertz CT molecular complexity index is 758. The molecule has 2 rings (SSSR count). The van der Waals surface area contributed by atoms with Crippen molar-refractivity contribution in [2.45, 2.75) is 33.8 Å². The van der Waals surface area contributed by atoms with Crippen molar-refractivity contribution in [2.24, 2.45) is 10.4 Å². The number of aliphatic imine (C=N–C) groups is 1. The van der Waals surface area contributed by atoms with Crippen molar-refractivity contribution in [3.8, 4) is 0 Å². The maximum Gasteiger partial charge on any atom is 0.200 e. The molecule has 1 aromatic carbocycles. The van der Waals surface area contributed by atoms with Crippen LogP contribution in [0.1, 0.15) is 27.7 Å². The second-order valence-corrected chi connectivity index (χ2v) is 6.60. The molecule has 1 N–H and O–H groups in total. The van der Waals surface area contributed by atoms with Crippen molar-refractivity contribution >= 4 is 11.4 Å². The highest BCUT2D eigenvalue weighted by atomic mass is 19.2. The molecule has 1 aliphatic rings. The molecule has 1 unspecified atom stereocenters. The first-order valence-electron chi connectivity index (χ1n) is 7.13. The van der Waals surface area contributed by atoms with Crippen LogP contribution in [0.2, 0.25) is 0 Å². The fourth-order valence-corrected chi connectivity index (χ4v) is 2.38. The van der Waals surface area contributed by atoms with Gasteiger partial charge in [-0.25, -0.2) is 26.9 Å². The molecule has 24 heavy (non-hydrogen) atoms. The number of aliphatic hydroxyl groups excluding tert-OH is 1. The summed E-state index contributed by atoms with van der Waals surface area (Å²) in [6.45, 7) is 7.12. The van der Waals surface area contributed by atoms with E-state index < -0.39 is 46.3 Å².